The summed E-state index contributed by atoms with van der Waals surface area (Å²) in [5.74, 6) is -1.78. The summed E-state index contributed by atoms with van der Waals surface area (Å²) >= 11 is 0. The Labute approximate surface area is 121 Å². The Morgan fingerprint density at radius 2 is 1.86 bits per heavy atom. The van der Waals surface area contributed by atoms with Crippen LogP contribution in [0, 0.1) is 25.5 Å². The van der Waals surface area contributed by atoms with Crippen molar-refractivity contribution in [1.82, 2.24) is 0 Å². The number of nitrogens with one attached hydrogen (secondary N) is 1. The molecule has 21 heavy (non-hydrogen) atoms. The zero-order chi connectivity index (χ0) is 15.6. The lowest BCUT2D eigenvalue weighted by Crippen LogP contribution is -2.16. The van der Waals surface area contributed by atoms with Gasteiger partial charge in [0, 0.05) is 17.4 Å². The molecule has 3 nitrogen and oxygen atoms in total. The highest BCUT2D eigenvalue weighted by molar-refractivity contribution is 5.93. The van der Waals surface area contributed by atoms with Gasteiger partial charge < -0.3 is 11.1 Å². The van der Waals surface area contributed by atoms with Crippen molar-refractivity contribution >= 4 is 17.3 Å². The van der Waals surface area contributed by atoms with Crippen molar-refractivity contribution in [3.8, 4) is 0 Å². The van der Waals surface area contributed by atoms with Gasteiger partial charge in [0.05, 0.1) is 6.42 Å². The first-order valence-corrected chi connectivity index (χ1v) is 6.47. The average molecular weight is 290 g/mol. The predicted molar refractivity (Wildman–Crippen MR) is 79.0 cm³/mol. The Kier molecular flexibility index (Phi) is 4.21. The summed E-state index contributed by atoms with van der Waals surface area (Å²) in [6, 6.07) is 6.69. The molecule has 0 saturated heterocycles. The molecule has 110 valence electrons. The highest BCUT2D eigenvalue weighted by Gasteiger charge is 2.11. The van der Waals surface area contributed by atoms with Gasteiger partial charge in [0.2, 0.25) is 5.91 Å². The predicted octanol–water partition coefficient (Wildman–Crippen LogP) is 3.35. The smallest absolute Gasteiger partial charge is 0.228 e. The van der Waals surface area contributed by atoms with Crippen LogP contribution in [-0.2, 0) is 11.2 Å². The van der Waals surface area contributed by atoms with E-state index in [1.54, 1.807) is 6.07 Å². The fraction of sp³-hybridized carbons (Fsp3) is 0.188. The minimum atomic E-state index is -0.731. The van der Waals surface area contributed by atoms with Crippen LogP contribution in [0.15, 0.2) is 30.3 Å². The topological polar surface area (TPSA) is 55.1 Å². The second kappa shape index (κ2) is 5.91. The summed E-state index contributed by atoms with van der Waals surface area (Å²) in [5.41, 5.74) is 8.91. The van der Waals surface area contributed by atoms with Gasteiger partial charge in [-0.1, -0.05) is 12.1 Å². The van der Waals surface area contributed by atoms with E-state index in [0.29, 0.717) is 11.4 Å². The number of amides is 1. The largest absolute Gasteiger partial charge is 0.398 e. The maximum atomic E-state index is 13.5. The van der Waals surface area contributed by atoms with Crippen LogP contribution in [-0.4, -0.2) is 5.91 Å². The summed E-state index contributed by atoms with van der Waals surface area (Å²) < 4.78 is 26.3. The molecule has 0 spiro atoms. The molecule has 5 heteroatoms. The molecule has 0 aromatic heterocycles. The van der Waals surface area contributed by atoms with Crippen molar-refractivity contribution < 1.29 is 13.6 Å². The molecule has 0 radical (unpaired) electrons. The van der Waals surface area contributed by atoms with E-state index >= 15 is 0 Å². The molecular weight excluding hydrogens is 274 g/mol. The maximum absolute atomic E-state index is 13.5. The third kappa shape index (κ3) is 3.56. The van der Waals surface area contributed by atoms with Gasteiger partial charge in [-0.25, -0.2) is 8.78 Å². The number of hydrogen-bond donors (Lipinski definition) is 2. The van der Waals surface area contributed by atoms with Gasteiger partial charge in [-0.2, -0.15) is 0 Å². The van der Waals surface area contributed by atoms with Crippen molar-refractivity contribution in [1.29, 1.82) is 0 Å². The van der Waals surface area contributed by atoms with Crippen molar-refractivity contribution in [3.63, 3.8) is 0 Å². The Morgan fingerprint density at radius 3 is 2.52 bits per heavy atom. The molecule has 0 atom stereocenters. The molecule has 0 saturated carbocycles. The van der Waals surface area contributed by atoms with Crippen LogP contribution in [0.4, 0.5) is 20.2 Å². The SMILES string of the molecule is Cc1cc(C)c(NC(=O)Cc2ccc(F)cc2F)cc1N. The van der Waals surface area contributed by atoms with E-state index in [1.165, 1.54) is 6.07 Å². The summed E-state index contributed by atoms with van der Waals surface area (Å²) in [6.45, 7) is 3.72. The lowest BCUT2D eigenvalue weighted by Gasteiger charge is -2.11. The number of benzene rings is 2. The molecule has 2 aromatic carbocycles. The molecule has 0 bridgehead atoms. The summed E-state index contributed by atoms with van der Waals surface area (Å²) in [5, 5.41) is 2.69. The minimum absolute atomic E-state index is 0.145. The Bertz CT molecular complexity index is 699. The molecule has 0 unspecified atom stereocenters. The van der Waals surface area contributed by atoms with E-state index in [-0.39, 0.29) is 17.9 Å². The van der Waals surface area contributed by atoms with Gasteiger partial charge in [0.15, 0.2) is 0 Å². The molecule has 1 amide bonds. The number of rotatable bonds is 3. The van der Waals surface area contributed by atoms with E-state index in [1.807, 2.05) is 19.9 Å². The number of anilines is 2. The first-order chi connectivity index (χ1) is 9.86. The van der Waals surface area contributed by atoms with Crippen molar-refractivity contribution in [2.24, 2.45) is 0 Å². The normalized spacial score (nSPS) is 10.5. The standard InChI is InChI=1S/C16H16F2N2O/c1-9-5-10(2)15(8-14(9)19)20-16(21)6-11-3-4-12(17)7-13(11)18/h3-5,7-8H,6,19H2,1-2H3,(H,20,21). The quantitative estimate of drug-likeness (QED) is 0.852. The summed E-state index contributed by atoms with van der Waals surface area (Å²) in [6.07, 6.45) is -0.167. The van der Waals surface area contributed by atoms with Gasteiger partial charge in [-0.15, -0.1) is 0 Å². The van der Waals surface area contributed by atoms with E-state index < -0.39 is 11.6 Å². The maximum Gasteiger partial charge on any atom is 0.228 e. The van der Waals surface area contributed by atoms with Crippen molar-refractivity contribution in [3.05, 3.63) is 58.7 Å². The summed E-state index contributed by atoms with van der Waals surface area (Å²) in [4.78, 5) is 12.0. The van der Waals surface area contributed by atoms with E-state index in [9.17, 15) is 13.6 Å². The van der Waals surface area contributed by atoms with Crippen molar-refractivity contribution in [2.75, 3.05) is 11.1 Å². The Morgan fingerprint density at radius 1 is 1.14 bits per heavy atom. The molecule has 0 fully saturated rings. The van der Waals surface area contributed by atoms with Gasteiger partial charge in [0.1, 0.15) is 11.6 Å². The lowest BCUT2D eigenvalue weighted by atomic mass is 10.1. The highest BCUT2D eigenvalue weighted by atomic mass is 19.1. The fourth-order valence-electron chi connectivity index (χ4n) is 2.04. The van der Waals surface area contributed by atoms with Gasteiger partial charge >= 0.3 is 0 Å². The Balaban J connectivity index is 2.13. The Hall–Kier alpha value is -2.43. The monoisotopic (exact) mass is 290 g/mol. The molecule has 2 aromatic rings. The molecule has 0 aliphatic carbocycles. The van der Waals surface area contributed by atoms with E-state index in [0.717, 1.165) is 23.3 Å². The number of aryl methyl sites for hydroxylation is 2. The third-order valence-corrected chi connectivity index (χ3v) is 3.25. The van der Waals surface area contributed by atoms with Crippen LogP contribution in [0.3, 0.4) is 0 Å². The molecular formula is C16H16F2N2O. The lowest BCUT2D eigenvalue weighted by molar-refractivity contribution is -0.115. The number of halogens is 2. The second-order valence-corrected chi connectivity index (χ2v) is 4.98. The first-order valence-electron chi connectivity index (χ1n) is 6.47. The van der Waals surface area contributed by atoms with Crippen LogP contribution >= 0.6 is 0 Å². The van der Waals surface area contributed by atoms with Gasteiger partial charge in [-0.05, 0) is 42.7 Å². The average Bonchev–Trinajstić information content (AvgIpc) is 2.39. The van der Waals surface area contributed by atoms with Crippen LogP contribution in [0.2, 0.25) is 0 Å². The van der Waals surface area contributed by atoms with Crippen LogP contribution in [0.25, 0.3) is 0 Å². The van der Waals surface area contributed by atoms with Crippen LogP contribution in [0.1, 0.15) is 16.7 Å². The minimum Gasteiger partial charge on any atom is -0.398 e. The fourth-order valence-corrected chi connectivity index (χ4v) is 2.04. The second-order valence-electron chi connectivity index (χ2n) is 4.98. The van der Waals surface area contributed by atoms with E-state index in [4.69, 9.17) is 5.73 Å². The highest BCUT2D eigenvalue weighted by Crippen LogP contribution is 2.22. The number of carbonyl (C=O) groups is 1. The first kappa shape index (κ1) is 15.0. The molecule has 0 aliphatic heterocycles. The summed E-state index contributed by atoms with van der Waals surface area (Å²) in [7, 11) is 0. The number of nitrogens with two attached hydrogens (primary N) is 1. The zero-order valence-electron chi connectivity index (χ0n) is 11.8. The molecule has 3 N–H and O–H groups in total. The molecule has 0 heterocycles. The zero-order valence-corrected chi connectivity index (χ0v) is 11.8. The number of nitrogen functional groups attached to an aromatic ring is 1. The van der Waals surface area contributed by atoms with Gasteiger partial charge in [-0.3, -0.25) is 4.79 Å². The van der Waals surface area contributed by atoms with E-state index in [2.05, 4.69) is 5.32 Å². The third-order valence-electron chi connectivity index (χ3n) is 3.25. The van der Waals surface area contributed by atoms with Crippen LogP contribution < -0.4 is 11.1 Å². The number of carbonyl (C=O) groups excluding carboxylic acids is 1. The molecule has 0 aliphatic rings. The van der Waals surface area contributed by atoms with Crippen LogP contribution in [0.5, 0.6) is 0 Å². The molecule has 2 rings (SSSR count). The van der Waals surface area contributed by atoms with Crippen molar-refractivity contribution in [2.45, 2.75) is 20.3 Å². The van der Waals surface area contributed by atoms with Gasteiger partial charge in [0.25, 0.3) is 0 Å². The number of hydrogen-bond acceptors (Lipinski definition) is 2.